The molecule has 1 aromatic carbocycles. The van der Waals surface area contributed by atoms with E-state index in [1.54, 1.807) is 0 Å². The highest BCUT2D eigenvalue weighted by Crippen LogP contribution is 2.15. The second kappa shape index (κ2) is 6.50. The van der Waals surface area contributed by atoms with Crippen LogP contribution in [0.5, 0.6) is 0 Å². The highest BCUT2D eigenvalue weighted by molar-refractivity contribution is 7.09. The van der Waals surface area contributed by atoms with Gasteiger partial charge in [-0.1, -0.05) is 6.07 Å². The van der Waals surface area contributed by atoms with Crippen LogP contribution in [0.3, 0.4) is 0 Å². The summed E-state index contributed by atoms with van der Waals surface area (Å²) in [6.07, 6.45) is 0.705. The summed E-state index contributed by atoms with van der Waals surface area (Å²) in [5.74, 6) is 0.898. The Kier molecular flexibility index (Phi) is 4.43. The van der Waals surface area contributed by atoms with Crippen molar-refractivity contribution in [2.24, 2.45) is 0 Å². The fourth-order valence-electron chi connectivity index (χ4n) is 2.56. The summed E-state index contributed by atoms with van der Waals surface area (Å²) >= 11 is 1.50. The number of rotatable bonds is 5. The third-order valence-electron chi connectivity index (χ3n) is 3.81. The van der Waals surface area contributed by atoms with Gasteiger partial charge in [0.1, 0.15) is 11.5 Å². The maximum Gasteiger partial charge on any atom is 0.273 e. The number of aryl methyl sites for hydroxylation is 2. The lowest BCUT2D eigenvalue weighted by Gasteiger charge is -2.19. The Labute approximate surface area is 139 Å². The molecule has 5 nitrogen and oxygen atoms in total. The third-order valence-corrected chi connectivity index (χ3v) is 4.59. The van der Waals surface area contributed by atoms with Crippen LogP contribution in [-0.2, 0) is 6.42 Å². The molecule has 0 spiro atoms. The molecule has 0 atom stereocenters. The van der Waals surface area contributed by atoms with E-state index in [0.29, 0.717) is 25.2 Å². The number of benzene rings is 1. The van der Waals surface area contributed by atoms with Crippen LogP contribution in [0.15, 0.2) is 23.6 Å². The molecule has 0 unspecified atom stereocenters. The summed E-state index contributed by atoms with van der Waals surface area (Å²) < 4.78 is 0. The van der Waals surface area contributed by atoms with Gasteiger partial charge in [-0.2, -0.15) is 0 Å². The van der Waals surface area contributed by atoms with Crippen molar-refractivity contribution in [3.05, 3.63) is 45.7 Å². The number of nitrogens with one attached hydrogen (secondary N) is 1. The average molecular weight is 328 g/mol. The molecule has 3 rings (SSSR count). The first-order chi connectivity index (χ1) is 11.1. The average Bonchev–Trinajstić information content (AvgIpc) is 3.13. The Balaban J connectivity index is 1.70. The van der Waals surface area contributed by atoms with Crippen molar-refractivity contribution in [1.82, 2.24) is 19.9 Å². The van der Waals surface area contributed by atoms with Crippen molar-refractivity contribution in [2.45, 2.75) is 27.2 Å². The monoisotopic (exact) mass is 328 g/mol. The van der Waals surface area contributed by atoms with Crippen LogP contribution in [0.4, 0.5) is 0 Å². The zero-order chi connectivity index (χ0) is 16.4. The molecule has 2 aromatic heterocycles. The number of imidazole rings is 1. The fraction of sp³-hybridized carbons (Fsp3) is 0.353. The van der Waals surface area contributed by atoms with Gasteiger partial charge in [-0.3, -0.25) is 4.79 Å². The molecule has 0 saturated heterocycles. The number of fused-ring (bicyclic) bond motifs is 1. The van der Waals surface area contributed by atoms with Crippen molar-refractivity contribution in [3.8, 4) is 0 Å². The lowest BCUT2D eigenvalue weighted by Crippen LogP contribution is -2.33. The normalized spacial score (nSPS) is 11.1. The van der Waals surface area contributed by atoms with Gasteiger partial charge in [0.2, 0.25) is 0 Å². The highest BCUT2D eigenvalue weighted by atomic mass is 32.1. The van der Waals surface area contributed by atoms with E-state index >= 15 is 0 Å². The molecular formula is C17H20N4OS. The Morgan fingerprint density at radius 1 is 1.30 bits per heavy atom. The van der Waals surface area contributed by atoms with Gasteiger partial charge in [0, 0.05) is 24.9 Å². The molecule has 1 N–H and O–H groups in total. The molecule has 0 fully saturated rings. The lowest BCUT2D eigenvalue weighted by atomic mass is 10.2. The van der Waals surface area contributed by atoms with E-state index < -0.39 is 0 Å². The van der Waals surface area contributed by atoms with E-state index in [9.17, 15) is 4.79 Å². The number of H-pyrrole nitrogens is 1. The Bertz CT molecular complexity index is 836. The number of carbonyl (C=O) groups is 1. The molecule has 0 bridgehead atoms. The summed E-state index contributed by atoms with van der Waals surface area (Å²) in [6.45, 7) is 7.25. The molecule has 0 saturated carbocycles. The molecule has 2 heterocycles. The summed E-state index contributed by atoms with van der Waals surface area (Å²) in [5, 5.41) is 2.74. The molecule has 6 heteroatoms. The minimum Gasteiger partial charge on any atom is -0.342 e. The number of amides is 1. The molecule has 3 aromatic rings. The molecule has 0 radical (unpaired) electrons. The first-order valence-corrected chi connectivity index (χ1v) is 8.61. The summed E-state index contributed by atoms with van der Waals surface area (Å²) in [4.78, 5) is 26.5. The Hall–Kier alpha value is -2.21. The number of hydrogen-bond donors (Lipinski definition) is 1. The molecule has 0 aliphatic heterocycles. The standard InChI is InChI=1S/C17H20N4OS/c1-4-21(17(22)15-10-23-12(3)18-15)8-7-16-19-13-6-5-11(2)9-14(13)20-16/h5-6,9-10H,4,7-8H2,1-3H3,(H,19,20). The maximum absolute atomic E-state index is 12.5. The van der Waals surface area contributed by atoms with Crippen LogP contribution in [0.1, 0.15) is 33.8 Å². The van der Waals surface area contributed by atoms with Crippen LogP contribution in [0.25, 0.3) is 11.0 Å². The number of hydrogen-bond acceptors (Lipinski definition) is 4. The molecule has 1 amide bonds. The van der Waals surface area contributed by atoms with Crippen molar-refractivity contribution in [1.29, 1.82) is 0 Å². The molecule has 120 valence electrons. The quantitative estimate of drug-likeness (QED) is 0.781. The fourth-order valence-corrected chi connectivity index (χ4v) is 3.15. The minimum atomic E-state index is -0.0104. The largest absolute Gasteiger partial charge is 0.342 e. The highest BCUT2D eigenvalue weighted by Gasteiger charge is 2.17. The first kappa shape index (κ1) is 15.7. The van der Waals surface area contributed by atoms with Crippen LogP contribution in [-0.4, -0.2) is 38.8 Å². The zero-order valence-corrected chi connectivity index (χ0v) is 14.4. The van der Waals surface area contributed by atoms with E-state index in [1.165, 1.54) is 16.9 Å². The smallest absolute Gasteiger partial charge is 0.273 e. The van der Waals surface area contributed by atoms with Crippen LogP contribution < -0.4 is 0 Å². The Morgan fingerprint density at radius 2 is 2.13 bits per heavy atom. The number of likely N-dealkylation sites (N-methyl/N-ethyl adjacent to an activating group) is 1. The molecule has 0 aliphatic carbocycles. The van der Waals surface area contributed by atoms with Gasteiger partial charge in [-0.15, -0.1) is 11.3 Å². The van der Waals surface area contributed by atoms with Gasteiger partial charge >= 0.3 is 0 Å². The van der Waals surface area contributed by atoms with Gasteiger partial charge in [0.15, 0.2) is 0 Å². The predicted octanol–water partition coefficient (Wildman–Crippen LogP) is 3.34. The van der Waals surface area contributed by atoms with Crippen LogP contribution in [0, 0.1) is 13.8 Å². The van der Waals surface area contributed by atoms with E-state index in [0.717, 1.165) is 21.9 Å². The molecule has 23 heavy (non-hydrogen) atoms. The lowest BCUT2D eigenvalue weighted by molar-refractivity contribution is 0.0760. The first-order valence-electron chi connectivity index (χ1n) is 7.73. The van der Waals surface area contributed by atoms with Crippen molar-refractivity contribution in [3.63, 3.8) is 0 Å². The zero-order valence-electron chi connectivity index (χ0n) is 13.6. The van der Waals surface area contributed by atoms with E-state index in [1.807, 2.05) is 30.2 Å². The summed E-state index contributed by atoms with van der Waals surface area (Å²) in [7, 11) is 0. The number of carbonyl (C=O) groups excluding carboxylic acids is 1. The number of aromatic nitrogens is 3. The van der Waals surface area contributed by atoms with Gasteiger partial charge < -0.3 is 9.88 Å². The van der Waals surface area contributed by atoms with Crippen LogP contribution in [0.2, 0.25) is 0 Å². The molecule has 0 aliphatic rings. The summed E-state index contributed by atoms with van der Waals surface area (Å²) in [6, 6.07) is 6.16. The SMILES string of the molecule is CCN(CCc1nc2ccc(C)cc2[nH]1)C(=O)c1csc(C)n1. The van der Waals surface area contributed by atoms with Gasteiger partial charge in [-0.05, 0) is 38.5 Å². The minimum absolute atomic E-state index is 0.0104. The number of nitrogens with zero attached hydrogens (tertiary/aromatic N) is 3. The topological polar surface area (TPSA) is 61.9 Å². The summed E-state index contributed by atoms with van der Waals surface area (Å²) in [5.41, 5.74) is 3.76. The number of aromatic amines is 1. The van der Waals surface area contributed by atoms with Gasteiger partial charge in [-0.25, -0.2) is 9.97 Å². The predicted molar refractivity (Wildman–Crippen MR) is 93.0 cm³/mol. The van der Waals surface area contributed by atoms with E-state index in [-0.39, 0.29) is 5.91 Å². The maximum atomic E-state index is 12.5. The van der Waals surface area contributed by atoms with Crippen molar-refractivity contribution in [2.75, 3.05) is 13.1 Å². The van der Waals surface area contributed by atoms with Gasteiger partial charge in [0.25, 0.3) is 5.91 Å². The van der Waals surface area contributed by atoms with E-state index in [4.69, 9.17) is 0 Å². The van der Waals surface area contributed by atoms with Crippen molar-refractivity contribution >= 4 is 28.3 Å². The third kappa shape index (κ3) is 3.42. The van der Waals surface area contributed by atoms with Crippen LogP contribution >= 0.6 is 11.3 Å². The van der Waals surface area contributed by atoms with E-state index in [2.05, 4.69) is 34.0 Å². The van der Waals surface area contributed by atoms with Gasteiger partial charge in [0.05, 0.1) is 16.0 Å². The second-order valence-electron chi connectivity index (χ2n) is 5.59. The van der Waals surface area contributed by atoms with Crippen molar-refractivity contribution < 1.29 is 4.79 Å². The number of thiazole rings is 1. The Morgan fingerprint density at radius 3 is 2.83 bits per heavy atom. The molecular weight excluding hydrogens is 308 g/mol. The second-order valence-corrected chi connectivity index (χ2v) is 6.65.